The van der Waals surface area contributed by atoms with Crippen LogP contribution in [0.3, 0.4) is 0 Å². The second kappa shape index (κ2) is 21.6. The zero-order chi connectivity index (χ0) is 24.0. The first-order valence-corrected chi connectivity index (χ1v) is 13.3. The number of unbranched alkanes of at least 4 members (excludes halogenated alkanes) is 10. The molecule has 0 rings (SSSR count). The van der Waals surface area contributed by atoms with Crippen molar-refractivity contribution in [2.75, 3.05) is 38.8 Å². The fraction of sp³-hybridized carbons (Fsp3) is 0.875. The lowest BCUT2D eigenvalue weighted by atomic mass is 10.1. The third kappa shape index (κ3) is 21.9. The Morgan fingerprint density at radius 1 is 0.750 bits per heavy atom. The molecule has 7 nitrogen and oxygen atoms in total. The summed E-state index contributed by atoms with van der Waals surface area (Å²) in [5.41, 5.74) is 0. The van der Waals surface area contributed by atoms with Crippen LogP contribution in [0.15, 0.2) is 0 Å². The molecule has 0 bridgehead atoms. The van der Waals surface area contributed by atoms with Crippen molar-refractivity contribution in [1.29, 1.82) is 0 Å². The summed E-state index contributed by atoms with van der Waals surface area (Å²) in [6, 6.07) is 0. The van der Waals surface area contributed by atoms with E-state index in [-0.39, 0.29) is 24.7 Å². The molecular formula is C24H45NO6S. The summed E-state index contributed by atoms with van der Waals surface area (Å²) in [5.74, 6) is 0.158. The minimum absolute atomic E-state index is 0.105. The normalized spacial score (nSPS) is 12.1. The highest BCUT2D eigenvalue weighted by molar-refractivity contribution is 7.99. The highest BCUT2D eigenvalue weighted by atomic mass is 32.2. The molecule has 0 spiro atoms. The molecule has 1 unspecified atom stereocenters. The summed E-state index contributed by atoms with van der Waals surface area (Å²) in [4.78, 5) is 35.4. The predicted octanol–water partition coefficient (Wildman–Crippen LogP) is 5.07. The molecule has 0 aromatic rings. The van der Waals surface area contributed by atoms with Gasteiger partial charge in [0, 0.05) is 25.1 Å². The highest BCUT2D eigenvalue weighted by Crippen LogP contribution is 2.16. The summed E-state index contributed by atoms with van der Waals surface area (Å²) in [6.07, 6.45) is 12.4. The average Bonchev–Trinajstić information content (AvgIpc) is 2.72. The number of carbonyl (C=O) groups is 3. The molecule has 188 valence electrons. The second-order valence-corrected chi connectivity index (χ2v) is 9.88. The molecule has 0 saturated heterocycles. The number of aliphatic carboxylic acids is 2. The van der Waals surface area contributed by atoms with Crippen molar-refractivity contribution in [1.82, 2.24) is 4.90 Å². The lowest BCUT2D eigenvalue weighted by molar-refractivity contribution is -0.148. The molecule has 0 heterocycles. The Morgan fingerprint density at radius 2 is 1.22 bits per heavy atom. The zero-order valence-electron chi connectivity index (χ0n) is 20.2. The number of carbonyl (C=O) groups excluding carboxylic acids is 1. The van der Waals surface area contributed by atoms with Crippen LogP contribution in [0.4, 0.5) is 0 Å². The Kier molecular flexibility index (Phi) is 20.7. The van der Waals surface area contributed by atoms with Crippen molar-refractivity contribution in [3.05, 3.63) is 0 Å². The van der Waals surface area contributed by atoms with Crippen LogP contribution in [-0.4, -0.2) is 71.8 Å². The monoisotopic (exact) mass is 475 g/mol. The van der Waals surface area contributed by atoms with Crippen molar-refractivity contribution >= 4 is 29.7 Å². The number of thioether (sulfide) groups is 1. The van der Waals surface area contributed by atoms with E-state index in [1.54, 1.807) is 0 Å². The van der Waals surface area contributed by atoms with Crippen molar-refractivity contribution in [2.45, 2.75) is 89.9 Å². The van der Waals surface area contributed by atoms with Crippen LogP contribution in [-0.2, 0) is 19.1 Å². The van der Waals surface area contributed by atoms with Gasteiger partial charge in [-0.1, -0.05) is 51.4 Å². The van der Waals surface area contributed by atoms with E-state index in [9.17, 15) is 14.4 Å². The first-order chi connectivity index (χ1) is 15.3. The van der Waals surface area contributed by atoms with Crippen molar-refractivity contribution < 1.29 is 29.3 Å². The number of hydrogen-bond donors (Lipinski definition) is 2. The van der Waals surface area contributed by atoms with Crippen LogP contribution < -0.4 is 0 Å². The number of esters is 1. The number of carboxylic acids is 2. The van der Waals surface area contributed by atoms with Gasteiger partial charge < -0.3 is 19.8 Å². The number of rotatable bonds is 23. The van der Waals surface area contributed by atoms with E-state index in [2.05, 4.69) is 0 Å². The third-order valence-electron chi connectivity index (χ3n) is 5.20. The molecule has 0 aromatic heterocycles. The lowest BCUT2D eigenvalue weighted by Gasteiger charge is -2.19. The van der Waals surface area contributed by atoms with E-state index >= 15 is 0 Å². The Balaban J connectivity index is 3.78. The maximum absolute atomic E-state index is 12.5. The van der Waals surface area contributed by atoms with Crippen LogP contribution in [0.5, 0.6) is 0 Å². The first kappa shape index (κ1) is 30.7. The summed E-state index contributed by atoms with van der Waals surface area (Å²) in [5, 5.41) is 17.2. The van der Waals surface area contributed by atoms with Crippen LogP contribution in [0.1, 0.15) is 89.9 Å². The Morgan fingerprint density at radius 3 is 1.72 bits per heavy atom. The molecule has 0 aliphatic rings. The van der Waals surface area contributed by atoms with Gasteiger partial charge in [0.25, 0.3) is 0 Å². The summed E-state index contributed by atoms with van der Waals surface area (Å²) < 4.78 is 5.52. The average molecular weight is 476 g/mol. The Hall–Kier alpha value is -1.28. The lowest BCUT2D eigenvalue weighted by Crippen LogP contribution is -2.31. The molecule has 0 aliphatic carbocycles. The number of nitrogens with zero attached hydrogens (tertiary/aromatic N) is 1. The molecule has 0 aromatic carbocycles. The third-order valence-corrected chi connectivity index (χ3v) is 6.41. The first-order valence-electron chi connectivity index (χ1n) is 12.2. The van der Waals surface area contributed by atoms with E-state index < -0.39 is 11.9 Å². The maximum Gasteiger partial charge on any atom is 0.311 e. The molecule has 32 heavy (non-hydrogen) atoms. The van der Waals surface area contributed by atoms with Crippen molar-refractivity contribution in [3.63, 3.8) is 0 Å². The molecule has 1 atom stereocenters. The van der Waals surface area contributed by atoms with E-state index in [1.165, 1.54) is 0 Å². The van der Waals surface area contributed by atoms with Gasteiger partial charge in [0.1, 0.15) is 0 Å². The molecule has 0 fully saturated rings. The van der Waals surface area contributed by atoms with E-state index in [4.69, 9.17) is 14.9 Å². The van der Waals surface area contributed by atoms with Crippen molar-refractivity contribution in [3.8, 4) is 0 Å². The largest absolute Gasteiger partial charge is 0.481 e. The van der Waals surface area contributed by atoms with Gasteiger partial charge in [-0.3, -0.25) is 14.4 Å². The summed E-state index contributed by atoms with van der Waals surface area (Å²) >= 11 is 1.81. The van der Waals surface area contributed by atoms with Gasteiger partial charge in [-0.05, 0) is 45.5 Å². The van der Waals surface area contributed by atoms with Crippen LogP contribution in [0, 0.1) is 5.92 Å². The van der Waals surface area contributed by atoms with Gasteiger partial charge in [-0.2, -0.15) is 11.8 Å². The van der Waals surface area contributed by atoms with Gasteiger partial charge in [0.2, 0.25) is 0 Å². The second-order valence-electron chi connectivity index (χ2n) is 8.73. The minimum Gasteiger partial charge on any atom is -0.481 e. The molecule has 0 radical (unpaired) electrons. The Labute approximate surface area is 198 Å². The molecule has 0 amide bonds. The fourth-order valence-electron chi connectivity index (χ4n) is 3.43. The van der Waals surface area contributed by atoms with Crippen LogP contribution in [0.25, 0.3) is 0 Å². The van der Waals surface area contributed by atoms with Crippen molar-refractivity contribution in [2.24, 2.45) is 5.92 Å². The number of hydrogen-bond acceptors (Lipinski definition) is 6. The molecule has 0 aliphatic heterocycles. The summed E-state index contributed by atoms with van der Waals surface area (Å²) in [7, 11) is 3.94. The fourth-order valence-corrected chi connectivity index (χ4v) is 4.53. The molecular weight excluding hydrogens is 430 g/mol. The Bertz CT molecular complexity index is 501. The minimum atomic E-state index is -0.729. The van der Waals surface area contributed by atoms with E-state index in [0.29, 0.717) is 13.2 Å². The SMILES string of the molecule is CN(C)CC(CSCCCCCCCCC(=O)O)C(=O)OCCCCCCCCC(=O)O. The van der Waals surface area contributed by atoms with E-state index in [1.807, 2.05) is 30.8 Å². The summed E-state index contributed by atoms with van der Waals surface area (Å²) in [6.45, 7) is 1.16. The standard InChI is InChI=1S/C24H45NO6S/c1-25(2)19-21(20-32-18-14-10-6-4-8-12-16-23(28)29)24(30)31-17-13-9-5-3-7-11-15-22(26)27/h21H,3-20H2,1-2H3,(H,26,27)(H,28,29). The van der Waals surface area contributed by atoms with Crippen LogP contribution >= 0.6 is 11.8 Å². The molecule has 2 N–H and O–H groups in total. The predicted molar refractivity (Wildman–Crippen MR) is 130 cm³/mol. The quantitative estimate of drug-likeness (QED) is 0.156. The van der Waals surface area contributed by atoms with Gasteiger partial charge >= 0.3 is 17.9 Å². The molecule has 8 heteroatoms. The number of carboxylic acid groups (broad SMARTS) is 2. The molecule has 0 saturated carbocycles. The smallest absolute Gasteiger partial charge is 0.311 e. The van der Waals surface area contributed by atoms with Crippen LogP contribution in [0.2, 0.25) is 0 Å². The zero-order valence-corrected chi connectivity index (χ0v) is 21.0. The van der Waals surface area contributed by atoms with E-state index in [0.717, 1.165) is 88.6 Å². The topological polar surface area (TPSA) is 104 Å². The van der Waals surface area contributed by atoms with Gasteiger partial charge in [-0.25, -0.2) is 0 Å². The van der Waals surface area contributed by atoms with Gasteiger partial charge in [0.05, 0.1) is 12.5 Å². The van der Waals surface area contributed by atoms with Gasteiger partial charge in [-0.15, -0.1) is 0 Å². The number of ether oxygens (including phenoxy) is 1. The van der Waals surface area contributed by atoms with Gasteiger partial charge in [0.15, 0.2) is 0 Å². The maximum atomic E-state index is 12.5. The highest BCUT2D eigenvalue weighted by Gasteiger charge is 2.20.